The van der Waals surface area contributed by atoms with Crippen LogP contribution in [-0.2, 0) is 9.53 Å². The van der Waals surface area contributed by atoms with Gasteiger partial charge in [-0.2, -0.15) is 0 Å². The van der Waals surface area contributed by atoms with Gasteiger partial charge in [0.25, 0.3) is 5.56 Å². The molecule has 0 fully saturated rings. The van der Waals surface area contributed by atoms with E-state index in [1.807, 2.05) is 18.2 Å². The Morgan fingerprint density at radius 2 is 1.73 bits per heavy atom. The van der Waals surface area contributed by atoms with Crippen LogP contribution in [0.3, 0.4) is 0 Å². The molecule has 0 saturated carbocycles. The van der Waals surface area contributed by atoms with E-state index >= 15 is 0 Å². The van der Waals surface area contributed by atoms with Crippen LogP contribution in [0.2, 0.25) is 0 Å². The first kappa shape index (κ1) is 26.7. The fourth-order valence-corrected chi connectivity index (χ4v) is 5.59. The summed E-state index contributed by atoms with van der Waals surface area (Å²) in [4.78, 5) is 32.3. The predicted octanol–water partition coefficient (Wildman–Crippen LogP) is 3.98. The number of thiazole rings is 1. The number of carbonyl (C=O) groups excluding carboxylic acids is 1. The summed E-state index contributed by atoms with van der Waals surface area (Å²) in [5, 5.41) is 0. The van der Waals surface area contributed by atoms with Crippen LogP contribution in [-0.4, -0.2) is 38.0 Å². The van der Waals surface area contributed by atoms with Crippen molar-refractivity contribution in [2.24, 2.45) is 4.99 Å². The van der Waals surface area contributed by atoms with Gasteiger partial charge in [0.15, 0.2) is 16.3 Å². The Kier molecular flexibility index (Phi) is 7.89. The lowest BCUT2D eigenvalue weighted by Gasteiger charge is -2.26. The predicted molar refractivity (Wildman–Crippen MR) is 145 cm³/mol. The van der Waals surface area contributed by atoms with Crippen LogP contribution in [0, 0.1) is 0 Å². The van der Waals surface area contributed by atoms with E-state index < -0.39 is 12.0 Å². The van der Waals surface area contributed by atoms with Crippen LogP contribution >= 0.6 is 27.3 Å². The molecular formula is C27H27BrN2O6S. The monoisotopic (exact) mass is 586 g/mol. The first-order valence-corrected chi connectivity index (χ1v) is 13.1. The molecule has 0 amide bonds. The van der Waals surface area contributed by atoms with Gasteiger partial charge in [0.1, 0.15) is 11.8 Å². The molecule has 0 aliphatic carbocycles. The fraction of sp³-hybridized carbons (Fsp3) is 0.296. The number of esters is 1. The SMILES string of the molecule is COc1ccc(/C=c2\sc3n(c2=O)[C@@H](c2cc(Br)ccc2OC)C(C(=O)OC(C)C)=C(C)N=3)cc1OC. The third kappa shape index (κ3) is 5.21. The molecule has 1 aliphatic rings. The van der Waals surface area contributed by atoms with Crippen molar-refractivity contribution in [1.82, 2.24) is 4.57 Å². The average molecular weight is 587 g/mol. The Morgan fingerprint density at radius 3 is 2.38 bits per heavy atom. The van der Waals surface area contributed by atoms with Gasteiger partial charge in [-0.1, -0.05) is 33.3 Å². The molecule has 194 valence electrons. The maximum absolute atomic E-state index is 13.9. The minimum atomic E-state index is -0.789. The number of methoxy groups -OCH3 is 3. The van der Waals surface area contributed by atoms with Crippen LogP contribution in [0.4, 0.5) is 0 Å². The van der Waals surface area contributed by atoms with E-state index in [1.165, 1.54) is 15.9 Å². The maximum atomic E-state index is 13.9. The van der Waals surface area contributed by atoms with Gasteiger partial charge < -0.3 is 18.9 Å². The van der Waals surface area contributed by atoms with Crippen molar-refractivity contribution in [2.45, 2.75) is 32.9 Å². The summed E-state index contributed by atoms with van der Waals surface area (Å²) in [5.41, 5.74) is 1.88. The number of benzene rings is 2. The highest BCUT2D eigenvalue weighted by atomic mass is 79.9. The lowest BCUT2D eigenvalue weighted by atomic mass is 9.95. The van der Waals surface area contributed by atoms with Crippen molar-refractivity contribution in [3.63, 3.8) is 0 Å². The first-order valence-electron chi connectivity index (χ1n) is 11.5. The number of hydrogen-bond donors (Lipinski definition) is 0. The second-order valence-electron chi connectivity index (χ2n) is 8.54. The summed E-state index contributed by atoms with van der Waals surface area (Å²) in [6.45, 7) is 5.31. The molecular weight excluding hydrogens is 560 g/mol. The number of ether oxygens (including phenoxy) is 4. The largest absolute Gasteiger partial charge is 0.496 e. The Morgan fingerprint density at radius 1 is 1.05 bits per heavy atom. The van der Waals surface area contributed by atoms with Gasteiger partial charge in [0, 0.05) is 10.0 Å². The molecule has 0 unspecified atom stereocenters. The van der Waals surface area contributed by atoms with Crippen molar-refractivity contribution >= 4 is 39.3 Å². The summed E-state index contributed by atoms with van der Waals surface area (Å²) < 4.78 is 24.7. The maximum Gasteiger partial charge on any atom is 0.338 e. The van der Waals surface area contributed by atoms with Crippen molar-refractivity contribution in [2.75, 3.05) is 21.3 Å². The zero-order valence-corrected chi connectivity index (χ0v) is 23.7. The zero-order valence-electron chi connectivity index (χ0n) is 21.3. The number of aromatic nitrogens is 1. The minimum Gasteiger partial charge on any atom is -0.496 e. The lowest BCUT2D eigenvalue weighted by Crippen LogP contribution is -2.40. The molecule has 4 rings (SSSR count). The Labute approximate surface area is 226 Å². The third-order valence-electron chi connectivity index (χ3n) is 5.78. The lowest BCUT2D eigenvalue weighted by molar-refractivity contribution is -0.143. The summed E-state index contributed by atoms with van der Waals surface area (Å²) in [6, 6.07) is 10.1. The van der Waals surface area contributed by atoms with Gasteiger partial charge in [-0.15, -0.1) is 0 Å². The standard InChI is InChI=1S/C27H27BrN2O6S/c1-14(2)36-26(32)23-15(3)29-27-30(24(23)18-13-17(28)8-10-19(18)33-4)25(31)22(37-27)12-16-7-9-20(34-5)21(11-16)35-6/h7-14,24H,1-6H3/b22-12-/t24-/m0/s1. The highest BCUT2D eigenvalue weighted by molar-refractivity contribution is 9.10. The topological polar surface area (TPSA) is 88.4 Å². The van der Waals surface area contributed by atoms with E-state index in [0.29, 0.717) is 37.8 Å². The summed E-state index contributed by atoms with van der Waals surface area (Å²) >= 11 is 4.76. The smallest absolute Gasteiger partial charge is 0.338 e. The molecule has 3 aromatic rings. The second kappa shape index (κ2) is 10.9. The van der Waals surface area contributed by atoms with Crippen LogP contribution in [0.25, 0.3) is 6.08 Å². The van der Waals surface area contributed by atoms with E-state index in [2.05, 4.69) is 20.9 Å². The Balaban J connectivity index is 1.98. The minimum absolute atomic E-state index is 0.284. The number of hydrogen-bond acceptors (Lipinski definition) is 8. The van der Waals surface area contributed by atoms with Crippen LogP contribution in [0.1, 0.15) is 37.9 Å². The number of fused-ring (bicyclic) bond motifs is 1. The fourth-order valence-electron chi connectivity index (χ4n) is 4.17. The molecule has 1 aromatic heterocycles. The summed E-state index contributed by atoms with van der Waals surface area (Å²) in [5.74, 6) is 1.15. The van der Waals surface area contributed by atoms with Crippen molar-refractivity contribution in [1.29, 1.82) is 0 Å². The molecule has 0 saturated heterocycles. The van der Waals surface area contributed by atoms with Gasteiger partial charge in [0.2, 0.25) is 0 Å². The zero-order chi connectivity index (χ0) is 26.9. The second-order valence-corrected chi connectivity index (χ2v) is 10.5. The number of carbonyl (C=O) groups is 1. The Hall–Kier alpha value is -3.37. The van der Waals surface area contributed by atoms with Gasteiger partial charge in [-0.25, -0.2) is 9.79 Å². The molecule has 0 N–H and O–H groups in total. The molecule has 2 aromatic carbocycles. The molecule has 0 spiro atoms. The van der Waals surface area contributed by atoms with Crippen LogP contribution in [0.5, 0.6) is 17.2 Å². The highest BCUT2D eigenvalue weighted by Gasteiger charge is 2.35. The third-order valence-corrected chi connectivity index (χ3v) is 7.25. The number of allylic oxidation sites excluding steroid dienone is 1. The van der Waals surface area contributed by atoms with E-state index in [4.69, 9.17) is 18.9 Å². The number of halogens is 1. The quantitative estimate of drug-likeness (QED) is 0.389. The molecule has 10 heteroatoms. The van der Waals surface area contributed by atoms with E-state index in [-0.39, 0.29) is 17.2 Å². The van der Waals surface area contributed by atoms with Gasteiger partial charge in [-0.05, 0) is 62.7 Å². The molecule has 2 heterocycles. The molecule has 1 atom stereocenters. The average Bonchev–Trinajstić information content (AvgIpc) is 3.16. The number of rotatable bonds is 7. The molecule has 0 bridgehead atoms. The van der Waals surface area contributed by atoms with Crippen LogP contribution in [0.15, 0.2) is 61.9 Å². The highest BCUT2D eigenvalue weighted by Crippen LogP contribution is 2.37. The van der Waals surface area contributed by atoms with Crippen molar-refractivity contribution in [3.05, 3.63) is 83.0 Å². The van der Waals surface area contributed by atoms with Gasteiger partial charge >= 0.3 is 5.97 Å². The van der Waals surface area contributed by atoms with E-state index in [9.17, 15) is 9.59 Å². The van der Waals surface area contributed by atoms with Crippen molar-refractivity contribution in [3.8, 4) is 17.2 Å². The summed E-state index contributed by atoms with van der Waals surface area (Å²) in [7, 11) is 4.67. The molecule has 1 aliphatic heterocycles. The molecule has 8 nitrogen and oxygen atoms in total. The van der Waals surface area contributed by atoms with Gasteiger partial charge in [0.05, 0.1) is 43.2 Å². The first-order chi connectivity index (χ1) is 17.7. The van der Waals surface area contributed by atoms with E-state index in [0.717, 1.165) is 10.0 Å². The summed E-state index contributed by atoms with van der Waals surface area (Å²) in [6.07, 6.45) is 1.43. The Bertz CT molecular complexity index is 1570. The van der Waals surface area contributed by atoms with Gasteiger partial charge in [-0.3, -0.25) is 9.36 Å². The normalized spacial score (nSPS) is 15.4. The number of nitrogens with zero attached hydrogens (tertiary/aromatic N) is 2. The molecule has 0 radical (unpaired) electrons. The van der Waals surface area contributed by atoms with Crippen molar-refractivity contribution < 1.29 is 23.7 Å². The van der Waals surface area contributed by atoms with Crippen LogP contribution < -0.4 is 29.1 Å². The van der Waals surface area contributed by atoms with E-state index in [1.54, 1.807) is 66.4 Å². The molecule has 37 heavy (non-hydrogen) atoms.